The van der Waals surface area contributed by atoms with E-state index in [0.29, 0.717) is 5.28 Å². The summed E-state index contributed by atoms with van der Waals surface area (Å²) in [4.78, 5) is 12.2. The third kappa shape index (κ3) is 2.56. The zero-order valence-corrected chi connectivity index (χ0v) is 13.9. The molecule has 1 aliphatic rings. The first-order chi connectivity index (χ1) is 10.2. The fourth-order valence-electron chi connectivity index (χ4n) is 2.79. The molecule has 4 rings (SSSR count). The monoisotopic (exact) mass is 332 g/mol. The van der Waals surface area contributed by atoms with Crippen LogP contribution in [0.15, 0.2) is 34.2 Å². The summed E-state index contributed by atoms with van der Waals surface area (Å²) in [7, 11) is 0. The summed E-state index contributed by atoms with van der Waals surface area (Å²) in [6, 6.07) is 8.89. The number of hydrogen-bond acceptors (Lipinski definition) is 4. The van der Waals surface area contributed by atoms with E-state index in [2.05, 4.69) is 41.2 Å². The molecule has 2 heterocycles. The van der Waals surface area contributed by atoms with Crippen LogP contribution in [0.5, 0.6) is 0 Å². The topological polar surface area (TPSA) is 25.8 Å². The number of fused-ring (bicyclic) bond motifs is 2. The van der Waals surface area contributed by atoms with Gasteiger partial charge in [-0.15, -0.1) is 11.3 Å². The third-order valence-corrected chi connectivity index (χ3v) is 5.85. The largest absolute Gasteiger partial charge is 0.224 e. The quantitative estimate of drug-likeness (QED) is 0.471. The van der Waals surface area contributed by atoms with Crippen LogP contribution in [0.2, 0.25) is 5.28 Å². The number of thiophene rings is 1. The Morgan fingerprint density at radius 3 is 2.90 bits per heavy atom. The molecule has 0 spiro atoms. The maximum atomic E-state index is 6.06. The summed E-state index contributed by atoms with van der Waals surface area (Å²) >= 11 is 9.41. The van der Waals surface area contributed by atoms with Gasteiger partial charge < -0.3 is 0 Å². The maximum Gasteiger partial charge on any atom is 0.224 e. The van der Waals surface area contributed by atoms with Crippen molar-refractivity contribution < 1.29 is 0 Å². The van der Waals surface area contributed by atoms with Gasteiger partial charge in [0.1, 0.15) is 9.86 Å². The summed E-state index contributed by atoms with van der Waals surface area (Å²) in [5.41, 5.74) is 2.98. The molecule has 0 saturated carbocycles. The van der Waals surface area contributed by atoms with E-state index in [9.17, 15) is 0 Å². The van der Waals surface area contributed by atoms with Crippen molar-refractivity contribution in [3.63, 3.8) is 0 Å². The highest BCUT2D eigenvalue weighted by atomic mass is 35.5. The second-order valence-corrected chi connectivity index (χ2v) is 7.89. The molecule has 2 nitrogen and oxygen atoms in total. The van der Waals surface area contributed by atoms with Crippen molar-refractivity contribution in [1.82, 2.24) is 9.97 Å². The van der Waals surface area contributed by atoms with Crippen molar-refractivity contribution in [1.29, 1.82) is 0 Å². The van der Waals surface area contributed by atoms with E-state index in [1.807, 2.05) is 0 Å². The molecule has 0 atom stereocenters. The van der Waals surface area contributed by atoms with Crippen molar-refractivity contribution in [3.8, 4) is 0 Å². The number of hydrogen-bond donors (Lipinski definition) is 0. The van der Waals surface area contributed by atoms with Crippen LogP contribution in [0, 0.1) is 6.92 Å². The minimum atomic E-state index is 0.327. The van der Waals surface area contributed by atoms with E-state index in [1.165, 1.54) is 40.2 Å². The average Bonchev–Trinajstić information content (AvgIpc) is 3.03. The lowest BCUT2D eigenvalue weighted by Crippen LogP contribution is -1.87. The van der Waals surface area contributed by atoms with Gasteiger partial charge in [-0.1, -0.05) is 17.8 Å². The fourth-order valence-corrected chi connectivity index (χ4v) is 4.96. The van der Waals surface area contributed by atoms with Crippen LogP contribution in [0.4, 0.5) is 0 Å². The van der Waals surface area contributed by atoms with Gasteiger partial charge in [-0.2, -0.15) is 0 Å². The van der Waals surface area contributed by atoms with Crippen LogP contribution < -0.4 is 0 Å². The van der Waals surface area contributed by atoms with Crippen molar-refractivity contribution in [2.75, 3.05) is 0 Å². The summed E-state index contributed by atoms with van der Waals surface area (Å²) < 4.78 is 0. The second kappa shape index (κ2) is 5.27. The Balaban J connectivity index is 1.77. The predicted octanol–water partition coefficient (Wildman–Crippen LogP) is 5.29. The highest BCUT2D eigenvalue weighted by Crippen LogP contribution is 2.37. The molecule has 0 unspecified atom stereocenters. The summed E-state index contributed by atoms with van der Waals surface area (Å²) in [6.07, 6.45) is 3.69. The molecule has 2 aromatic heterocycles. The van der Waals surface area contributed by atoms with E-state index in [0.717, 1.165) is 15.2 Å². The standard InChI is InChI=1S/C16H13ClN2S2/c1-9-7-13-14(20-9)18-16(17)19-15(13)21-12-6-5-10-3-2-4-11(10)8-12/h5-8H,2-4H2,1H3. The van der Waals surface area contributed by atoms with Crippen LogP contribution in [0.1, 0.15) is 22.4 Å². The van der Waals surface area contributed by atoms with Crippen LogP contribution in [-0.4, -0.2) is 9.97 Å². The average molecular weight is 333 g/mol. The van der Waals surface area contributed by atoms with Crippen molar-refractivity contribution >= 4 is 44.9 Å². The predicted molar refractivity (Wildman–Crippen MR) is 89.8 cm³/mol. The molecule has 0 saturated heterocycles. The summed E-state index contributed by atoms with van der Waals surface area (Å²) in [5.74, 6) is 0. The molecule has 1 aromatic carbocycles. The first kappa shape index (κ1) is 13.6. The highest BCUT2D eigenvalue weighted by molar-refractivity contribution is 7.99. The molecule has 106 valence electrons. The van der Waals surface area contributed by atoms with E-state index < -0.39 is 0 Å². The number of nitrogens with zero attached hydrogens (tertiary/aromatic N) is 2. The van der Waals surface area contributed by atoms with E-state index in [4.69, 9.17) is 11.6 Å². The molecule has 0 fully saturated rings. The first-order valence-corrected chi connectivity index (χ1v) is 8.93. The number of aromatic nitrogens is 2. The Labute approximate surface area is 136 Å². The van der Waals surface area contributed by atoms with Gasteiger partial charge in [0.15, 0.2) is 0 Å². The molecule has 1 aliphatic carbocycles. The van der Waals surface area contributed by atoms with Gasteiger partial charge in [-0.05, 0) is 67.1 Å². The van der Waals surface area contributed by atoms with Crippen molar-refractivity contribution in [2.24, 2.45) is 0 Å². The zero-order valence-electron chi connectivity index (χ0n) is 11.5. The summed E-state index contributed by atoms with van der Waals surface area (Å²) in [6.45, 7) is 2.09. The molecule has 0 amide bonds. The maximum absolute atomic E-state index is 6.06. The number of benzene rings is 1. The SMILES string of the molecule is Cc1cc2c(Sc3ccc4c(c3)CCC4)nc(Cl)nc2s1. The summed E-state index contributed by atoms with van der Waals surface area (Å²) in [5, 5.41) is 2.38. The van der Waals surface area contributed by atoms with Gasteiger partial charge in [0.2, 0.25) is 5.28 Å². The Bertz CT molecular complexity index is 842. The van der Waals surface area contributed by atoms with Gasteiger partial charge in [0, 0.05) is 15.2 Å². The Morgan fingerprint density at radius 1 is 1.14 bits per heavy atom. The van der Waals surface area contributed by atoms with Crippen LogP contribution >= 0.6 is 34.7 Å². The molecule has 5 heteroatoms. The fraction of sp³-hybridized carbons (Fsp3) is 0.250. The molecule has 0 radical (unpaired) electrons. The first-order valence-electron chi connectivity index (χ1n) is 6.92. The molecular formula is C16H13ClN2S2. The lowest BCUT2D eigenvalue weighted by Gasteiger charge is -2.05. The van der Waals surface area contributed by atoms with E-state index in [-0.39, 0.29) is 0 Å². The Kier molecular flexibility index (Phi) is 3.40. The normalized spacial score (nSPS) is 13.8. The molecule has 0 aliphatic heterocycles. The molecule has 0 bridgehead atoms. The smallest absolute Gasteiger partial charge is 0.210 e. The van der Waals surface area contributed by atoms with Gasteiger partial charge in [0.25, 0.3) is 0 Å². The highest BCUT2D eigenvalue weighted by Gasteiger charge is 2.14. The van der Waals surface area contributed by atoms with Gasteiger partial charge in [0.05, 0.1) is 0 Å². The lowest BCUT2D eigenvalue weighted by molar-refractivity contribution is 0.911. The third-order valence-electron chi connectivity index (χ3n) is 3.74. The molecule has 0 N–H and O–H groups in total. The number of halogens is 1. The van der Waals surface area contributed by atoms with E-state index >= 15 is 0 Å². The van der Waals surface area contributed by atoms with Crippen molar-refractivity contribution in [2.45, 2.75) is 36.1 Å². The van der Waals surface area contributed by atoms with Crippen LogP contribution in [0.3, 0.4) is 0 Å². The van der Waals surface area contributed by atoms with Crippen LogP contribution in [0.25, 0.3) is 10.2 Å². The van der Waals surface area contributed by atoms with Gasteiger partial charge in [-0.3, -0.25) is 0 Å². The number of aryl methyl sites for hydroxylation is 3. The van der Waals surface area contributed by atoms with Crippen LogP contribution in [-0.2, 0) is 12.8 Å². The minimum absolute atomic E-state index is 0.327. The van der Waals surface area contributed by atoms with Crippen molar-refractivity contribution in [3.05, 3.63) is 45.6 Å². The zero-order chi connectivity index (χ0) is 14.4. The van der Waals surface area contributed by atoms with Gasteiger partial charge in [-0.25, -0.2) is 9.97 Å². The minimum Gasteiger partial charge on any atom is -0.210 e. The molecular weight excluding hydrogens is 320 g/mol. The lowest BCUT2D eigenvalue weighted by atomic mass is 10.1. The van der Waals surface area contributed by atoms with Gasteiger partial charge >= 0.3 is 0 Å². The molecule has 3 aromatic rings. The molecule has 21 heavy (non-hydrogen) atoms. The Hall–Kier alpha value is -1.10. The number of rotatable bonds is 2. The second-order valence-electron chi connectivity index (χ2n) is 5.26. The van der Waals surface area contributed by atoms with E-state index in [1.54, 1.807) is 23.1 Å². The Morgan fingerprint density at radius 2 is 2.00 bits per heavy atom.